The molecule has 0 atom stereocenters. The minimum atomic E-state index is -4.77. The Morgan fingerprint density at radius 1 is 1.38 bits per heavy atom. The van der Waals surface area contributed by atoms with Crippen molar-refractivity contribution in [2.24, 2.45) is 5.73 Å². The van der Waals surface area contributed by atoms with E-state index in [1.165, 1.54) is 13.8 Å². The fraction of sp³-hybridized carbons (Fsp3) is 0.417. The lowest BCUT2D eigenvalue weighted by Gasteiger charge is -2.27. The Morgan fingerprint density at radius 2 is 1.95 bits per heavy atom. The molecule has 0 fully saturated rings. The van der Waals surface area contributed by atoms with E-state index in [9.17, 15) is 28.1 Å². The van der Waals surface area contributed by atoms with Crippen molar-refractivity contribution in [1.82, 2.24) is 0 Å². The zero-order valence-electron chi connectivity index (χ0n) is 11.3. The van der Waals surface area contributed by atoms with Crippen molar-refractivity contribution < 1.29 is 22.9 Å². The molecule has 21 heavy (non-hydrogen) atoms. The summed E-state index contributed by atoms with van der Waals surface area (Å²) in [5.74, 6) is -0.678. The molecule has 0 aromatic heterocycles. The number of hydrogen-bond donors (Lipinski definition) is 2. The third-order valence-corrected chi connectivity index (χ3v) is 2.61. The fourth-order valence-corrected chi connectivity index (χ4v) is 1.83. The number of primary amides is 1. The molecule has 0 aliphatic heterocycles. The minimum Gasteiger partial charge on any atom is -0.379 e. The molecule has 0 bridgehead atoms. The van der Waals surface area contributed by atoms with Gasteiger partial charge in [0.25, 0.3) is 5.69 Å². The maximum Gasteiger partial charge on any atom is 0.418 e. The Hall–Kier alpha value is -2.32. The molecule has 0 unspecified atom stereocenters. The first-order chi connectivity index (χ1) is 9.42. The number of hydrogen-bond acceptors (Lipinski definition) is 4. The summed E-state index contributed by atoms with van der Waals surface area (Å²) in [6.07, 6.45) is -4.96. The van der Waals surface area contributed by atoms with Gasteiger partial charge in [-0.05, 0) is 19.9 Å². The summed E-state index contributed by atoms with van der Waals surface area (Å²) in [6.45, 7) is 3.00. The maximum atomic E-state index is 13.0. The topological polar surface area (TPSA) is 98.3 Å². The zero-order chi connectivity index (χ0) is 16.4. The van der Waals surface area contributed by atoms with Gasteiger partial charge in [-0.1, -0.05) is 0 Å². The van der Waals surface area contributed by atoms with Gasteiger partial charge in [0.05, 0.1) is 10.5 Å². The van der Waals surface area contributed by atoms with Crippen LogP contribution < -0.4 is 11.1 Å². The number of non-ortho nitro benzene ring substituents is 1. The highest BCUT2D eigenvalue weighted by molar-refractivity contribution is 5.76. The molecule has 0 spiro atoms. The van der Waals surface area contributed by atoms with E-state index in [0.717, 1.165) is 12.1 Å². The highest BCUT2D eigenvalue weighted by atomic mass is 19.4. The number of carbonyl (C=O) groups excluding carboxylic acids is 1. The van der Waals surface area contributed by atoms with Crippen molar-refractivity contribution in [2.45, 2.75) is 32.0 Å². The molecule has 6 nitrogen and oxygen atoms in total. The van der Waals surface area contributed by atoms with E-state index < -0.39 is 33.8 Å². The van der Waals surface area contributed by atoms with E-state index in [1.54, 1.807) is 0 Å². The van der Waals surface area contributed by atoms with Crippen LogP contribution in [0.1, 0.15) is 25.8 Å². The van der Waals surface area contributed by atoms with E-state index in [0.29, 0.717) is 6.07 Å². The summed E-state index contributed by atoms with van der Waals surface area (Å²) >= 11 is 0. The van der Waals surface area contributed by atoms with Crippen LogP contribution in [0.15, 0.2) is 18.2 Å². The maximum absolute atomic E-state index is 13.0. The molecule has 3 N–H and O–H groups in total. The lowest BCUT2D eigenvalue weighted by molar-refractivity contribution is -0.385. The number of benzene rings is 1. The fourth-order valence-electron chi connectivity index (χ4n) is 1.83. The third kappa shape index (κ3) is 4.62. The van der Waals surface area contributed by atoms with Gasteiger partial charge in [-0.3, -0.25) is 14.9 Å². The van der Waals surface area contributed by atoms with Crippen LogP contribution in [0.4, 0.5) is 24.5 Å². The zero-order valence-corrected chi connectivity index (χ0v) is 11.3. The van der Waals surface area contributed by atoms with Gasteiger partial charge in [-0.25, -0.2) is 0 Å². The van der Waals surface area contributed by atoms with Crippen LogP contribution in [0.2, 0.25) is 0 Å². The van der Waals surface area contributed by atoms with Crippen LogP contribution in [0.5, 0.6) is 0 Å². The van der Waals surface area contributed by atoms with Crippen molar-refractivity contribution in [3.05, 3.63) is 33.9 Å². The highest BCUT2D eigenvalue weighted by Crippen LogP contribution is 2.38. The number of nitrogens with two attached hydrogens (primary N) is 1. The first-order valence-electron chi connectivity index (χ1n) is 5.84. The lowest BCUT2D eigenvalue weighted by Crippen LogP contribution is -2.36. The molecule has 0 aliphatic rings. The molecule has 0 saturated heterocycles. The van der Waals surface area contributed by atoms with Gasteiger partial charge < -0.3 is 11.1 Å². The Bertz CT molecular complexity index is 571. The molecule has 9 heteroatoms. The molecule has 1 aromatic rings. The van der Waals surface area contributed by atoms with Crippen molar-refractivity contribution in [2.75, 3.05) is 5.32 Å². The van der Waals surface area contributed by atoms with Crippen LogP contribution in [0, 0.1) is 10.1 Å². The van der Waals surface area contributed by atoms with E-state index in [2.05, 4.69) is 5.32 Å². The average Bonchev–Trinajstić information content (AvgIpc) is 2.24. The number of nitro benzene ring substituents is 1. The van der Waals surface area contributed by atoms with Crippen molar-refractivity contribution in [1.29, 1.82) is 0 Å². The third-order valence-electron chi connectivity index (χ3n) is 2.61. The van der Waals surface area contributed by atoms with E-state index in [1.807, 2.05) is 0 Å². The largest absolute Gasteiger partial charge is 0.418 e. The number of nitrogens with one attached hydrogen (secondary N) is 1. The summed E-state index contributed by atoms with van der Waals surface area (Å²) in [7, 11) is 0. The predicted molar refractivity (Wildman–Crippen MR) is 69.6 cm³/mol. The van der Waals surface area contributed by atoms with E-state index in [4.69, 9.17) is 5.73 Å². The van der Waals surface area contributed by atoms with Crippen molar-refractivity contribution in [3.8, 4) is 0 Å². The quantitative estimate of drug-likeness (QED) is 0.645. The number of nitro groups is 1. The van der Waals surface area contributed by atoms with Crippen LogP contribution in [-0.4, -0.2) is 16.4 Å². The van der Waals surface area contributed by atoms with E-state index in [-0.39, 0.29) is 12.1 Å². The monoisotopic (exact) mass is 305 g/mol. The van der Waals surface area contributed by atoms with Crippen LogP contribution in [0.25, 0.3) is 0 Å². The second-order valence-electron chi connectivity index (χ2n) is 5.14. The van der Waals surface area contributed by atoms with E-state index >= 15 is 0 Å². The molecule has 1 rings (SSSR count). The molecule has 0 heterocycles. The Morgan fingerprint density at radius 3 is 2.38 bits per heavy atom. The van der Waals surface area contributed by atoms with Gasteiger partial charge in [0.2, 0.25) is 5.91 Å². The van der Waals surface area contributed by atoms with Crippen molar-refractivity contribution in [3.63, 3.8) is 0 Å². The highest BCUT2D eigenvalue weighted by Gasteiger charge is 2.36. The molecular formula is C12H14F3N3O3. The first-order valence-corrected chi connectivity index (χ1v) is 5.84. The second-order valence-corrected chi connectivity index (χ2v) is 5.14. The summed E-state index contributed by atoms with van der Waals surface area (Å²) < 4.78 is 38.9. The number of alkyl halides is 3. The second kappa shape index (κ2) is 5.58. The molecule has 116 valence electrons. The number of halogens is 3. The number of nitrogens with zero attached hydrogens (tertiary/aromatic N) is 1. The van der Waals surface area contributed by atoms with Crippen molar-refractivity contribution >= 4 is 17.3 Å². The van der Waals surface area contributed by atoms with Gasteiger partial charge in [0, 0.05) is 29.8 Å². The normalized spacial score (nSPS) is 12.0. The number of carbonyl (C=O) groups is 1. The molecule has 1 aromatic carbocycles. The van der Waals surface area contributed by atoms with Crippen LogP contribution in [0.3, 0.4) is 0 Å². The smallest absolute Gasteiger partial charge is 0.379 e. The summed E-state index contributed by atoms with van der Waals surface area (Å²) in [6, 6.07) is 2.37. The van der Waals surface area contributed by atoms with Gasteiger partial charge in [0.15, 0.2) is 0 Å². The molecule has 0 radical (unpaired) electrons. The predicted octanol–water partition coefficient (Wildman–Crippen LogP) is 2.68. The van der Waals surface area contributed by atoms with Gasteiger partial charge >= 0.3 is 6.18 Å². The Labute approximate surface area is 118 Å². The lowest BCUT2D eigenvalue weighted by atomic mass is 9.98. The summed E-state index contributed by atoms with van der Waals surface area (Å²) in [4.78, 5) is 20.6. The minimum absolute atomic E-state index is 0.193. The molecule has 0 aliphatic carbocycles. The standard InChI is InChI=1S/C12H14F3N3O3/c1-11(2,6-10(16)19)17-9-4-3-7(18(20)21)5-8(9)12(13,14)15/h3-5,17H,6H2,1-2H3,(H2,16,19). The number of rotatable bonds is 5. The number of anilines is 1. The Balaban J connectivity index is 3.24. The van der Waals surface area contributed by atoms with Gasteiger partial charge in [-0.15, -0.1) is 0 Å². The molecule has 1 amide bonds. The van der Waals surface area contributed by atoms with Gasteiger partial charge in [0.1, 0.15) is 0 Å². The summed E-state index contributed by atoms with van der Waals surface area (Å²) in [5.41, 5.74) is 1.82. The van der Waals surface area contributed by atoms with Crippen LogP contribution in [-0.2, 0) is 11.0 Å². The number of amides is 1. The van der Waals surface area contributed by atoms with Crippen LogP contribution >= 0.6 is 0 Å². The van der Waals surface area contributed by atoms with Gasteiger partial charge in [-0.2, -0.15) is 13.2 Å². The molecular weight excluding hydrogens is 291 g/mol. The first kappa shape index (κ1) is 16.7. The molecule has 0 saturated carbocycles. The Kier molecular flexibility index (Phi) is 4.45. The SMILES string of the molecule is CC(C)(CC(N)=O)Nc1ccc([N+](=O)[O-])cc1C(F)(F)F. The average molecular weight is 305 g/mol. The summed E-state index contributed by atoms with van der Waals surface area (Å²) in [5, 5.41) is 13.1.